The van der Waals surface area contributed by atoms with Crippen molar-refractivity contribution in [2.45, 2.75) is 44.6 Å². The van der Waals surface area contributed by atoms with Crippen LogP contribution in [-0.4, -0.2) is 60.4 Å². The zero-order valence-electron chi connectivity index (χ0n) is 16.6. The monoisotopic (exact) mass is 386 g/mol. The molecule has 0 spiro atoms. The summed E-state index contributed by atoms with van der Waals surface area (Å²) in [5.41, 5.74) is -0.431. The third-order valence-corrected chi connectivity index (χ3v) is 5.60. The van der Waals surface area contributed by atoms with Crippen molar-refractivity contribution in [3.05, 3.63) is 35.9 Å². The van der Waals surface area contributed by atoms with E-state index in [1.165, 1.54) is 25.7 Å². The lowest BCUT2D eigenvalue weighted by molar-refractivity contribution is -0.134. The van der Waals surface area contributed by atoms with Crippen LogP contribution in [0.5, 0.6) is 0 Å². The van der Waals surface area contributed by atoms with Crippen LogP contribution in [0, 0.1) is 0 Å². The molecule has 2 saturated heterocycles. The van der Waals surface area contributed by atoms with Crippen LogP contribution >= 0.6 is 0 Å². The highest BCUT2D eigenvalue weighted by molar-refractivity contribution is 6.09. The molecular formula is C21H30N4O3. The third-order valence-electron chi connectivity index (χ3n) is 5.60. The Morgan fingerprint density at radius 3 is 2.46 bits per heavy atom. The Morgan fingerprint density at radius 2 is 1.79 bits per heavy atom. The lowest BCUT2D eigenvalue weighted by atomic mass is 9.92. The van der Waals surface area contributed by atoms with E-state index in [0.29, 0.717) is 12.1 Å². The highest BCUT2D eigenvalue weighted by Gasteiger charge is 2.49. The number of hydrogen-bond acceptors (Lipinski definition) is 4. The summed E-state index contributed by atoms with van der Waals surface area (Å²) >= 11 is 0. The van der Waals surface area contributed by atoms with E-state index < -0.39 is 17.5 Å². The van der Waals surface area contributed by atoms with Gasteiger partial charge in [0.1, 0.15) is 12.1 Å². The second-order valence-corrected chi connectivity index (χ2v) is 7.77. The van der Waals surface area contributed by atoms with Crippen LogP contribution < -0.4 is 10.6 Å². The van der Waals surface area contributed by atoms with E-state index in [0.717, 1.165) is 31.0 Å². The SMILES string of the molecule is CC1(c2ccccc2)NC(=O)N(CC(=O)NCCCN2CCCCCC2)C1=O. The number of amides is 4. The number of nitrogens with zero attached hydrogens (tertiary/aromatic N) is 2. The quantitative estimate of drug-likeness (QED) is 0.553. The summed E-state index contributed by atoms with van der Waals surface area (Å²) in [6, 6.07) is 8.55. The Kier molecular flexibility index (Phi) is 6.67. The first-order valence-electron chi connectivity index (χ1n) is 10.2. The van der Waals surface area contributed by atoms with Gasteiger partial charge in [0.15, 0.2) is 0 Å². The largest absolute Gasteiger partial charge is 0.354 e. The number of nitrogens with one attached hydrogen (secondary N) is 2. The lowest BCUT2D eigenvalue weighted by Gasteiger charge is -2.22. The summed E-state index contributed by atoms with van der Waals surface area (Å²) in [4.78, 5) is 40.8. The summed E-state index contributed by atoms with van der Waals surface area (Å²) < 4.78 is 0. The Morgan fingerprint density at radius 1 is 1.11 bits per heavy atom. The first-order valence-corrected chi connectivity index (χ1v) is 10.2. The average molecular weight is 386 g/mol. The van der Waals surface area contributed by atoms with E-state index in [1.807, 2.05) is 18.2 Å². The minimum Gasteiger partial charge on any atom is -0.354 e. The van der Waals surface area contributed by atoms with E-state index in [1.54, 1.807) is 19.1 Å². The Balaban J connectivity index is 1.46. The summed E-state index contributed by atoms with van der Waals surface area (Å²) in [5.74, 6) is -0.708. The van der Waals surface area contributed by atoms with Gasteiger partial charge in [-0.3, -0.25) is 14.5 Å². The number of hydrogen-bond donors (Lipinski definition) is 2. The van der Waals surface area contributed by atoms with Gasteiger partial charge in [-0.25, -0.2) is 4.79 Å². The average Bonchev–Trinajstić information content (AvgIpc) is 2.89. The number of benzene rings is 1. The van der Waals surface area contributed by atoms with Gasteiger partial charge in [-0.1, -0.05) is 43.2 Å². The van der Waals surface area contributed by atoms with Crippen molar-refractivity contribution in [1.29, 1.82) is 0 Å². The molecule has 0 bridgehead atoms. The fraction of sp³-hybridized carbons (Fsp3) is 0.571. The molecule has 0 saturated carbocycles. The number of urea groups is 1. The molecule has 7 heteroatoms. The van der Waals surface area contributed by atoms with Crippen molar-refractivity contribution in [2.75, 3.05) is 32.7 Å². The maximum atomic E-state index is 12.8. The minimum atomic E-state index is -1.13. The summed E-state index contributed by atoms with van der Waals surface area (Å²) in [6.07, 6.45) is 5.98. The van der Waals surface area contributed by atoms with Crippen molar-refractivity contribution < 1.29 is 14.4 Å². The molecule has 3 rings (SSSR count). The second kappa shape index (κ2) is 9.19. The molecule has 0 aromatic heterocycles. The highest BCUT2D eigenvalue weighted by Crippen LogP contribution is 2.28. The van der Waals surface area contributed by atoms with Crippen LogP contribution in [0.1, 0.15) is 44.6 Å². The van der Waals surface area contributed by atoms with Crippen molar-refractivity contribution in [3.8, 4) is 0 Å². The molecule has 1 aromatic carbocycles. The first-order chi connectivity index (χ1) is 13.5. The highest BCUT2D eigenvalue weighted by atomic mass is 16.2. The topological polar surface area (TPSA) is 81.8 Å². The van der Waals surface area contributed by atoms with Crippen LogP contribution in [0.4, 0.5) is 4.79 Å². The number of likely N-dealkylation sites (tertiary alicyclic amines) is 1. The van der Waals surface area contributed by atoms with Gasteiger partial charge in [-0.15, -0.1) is 0 Å². The number of rotatable bonds is 7. The molecule has 2 fully saturated rings. The van der Waals surface area contributed by atoms with E-state index >= 15 is 0 Å². The second-order valence-electron chi connectivity index (χ2n) is 7.77. The normalized spacial score (nSPS) is 23.4. The molecule has 152 valence electrons. The van der Waals surface area contributed by atoms with Crippen molar-refractivity contribution >= 4 is 17.8 Å². The van der Waals surface area contributed by atoms with E-state index in [9.17, 15) is 14.4 Å². The molecule has 1 aromatic rings. The van der Waals surface area contributed by atoms with Gasteiger partial charge >= 0.3 is 6.03 Å². The summed E-state index contributed by atoms with van der Waals surface area (Å²) in [6.45, 7) is 5.20. The van der Waals surface area contributed by atoms with Gasteiger partial charge in [0, 0.05) is 6.54 Å². The van der Waals surface area contributed by atoms with Crippen LogP contribution in [-0.2, 0) is 15.1 Å². The number of imide groups is 1. The van der Waals surface area contributed by atoms with Crippen LogP contribution in [0.3, 0.4) is 0 Å². The predicted molar refractivity (Wildman–Crippen MR) is 107 cm³/mol. The van der Waals surface area contributed by atoms with Gasteiger partial charge in [0.05, 0.1) is 0 Å². The van der Waals surface area contributed by atoms with Gasteiger partial charge in [-0.2, -0.15) is 0 Å². The molecule has 28 heavy (non-hydrogen) atoms. The van der Waals surface area contributed by atoms with Crippen molar-refractivity contribution in [3.63, 3.8) is 0 Å². The molecule has 1 atom stereocenters. The molecule has 0 aliphatic carbocycles. The fourth-order valence-corrected chi connectivity index (χ4v) is 3.90. The third kappa shape index (κ3) is 4.70. The summed E-state index contributed by atoms with van der Waals surface area (Å²) in [5, 5.41) is 5.55. The van der Waals surface area contributed by atoms with Crippen LogP contribution in [0.25, 0.3) is 0 Å². The molecule has 2 heterocycles. The van der Waals surface area contributed by atoms with Gasteiger partial charge in [0.2, 0.25) is 5.91 Å². The van der Waals surface area contributed by atoms with E-state index in [4.69, 9.17) is 0 Å². The Hall–Kier alpha value is -2.41. The zero-order valence-corrected chi connectivity index (χ0v) is 16.6. The Bertz CT molecular complexity index is 701. The summed E-state index contributed by atoms with van der Waals surface area (Å²) in [7, 11) is 0. The predicted octanol–water partition coefficient (Wildman–Crippen LogP) is 1.84. The molecule has 7 nitrogen and oxygen atoms in total. The fourth-order valence-electron chi connectivity index (χ4n) is 3.90. The maximum Gasteiger partial charge on any atom is 0.325 e. The molecular weight excluding hydrogens is 356 g/mol. The van der Waals surface area contributed by atoms with E-state index in [2.05, 4.69) is 15.5 Å². The van der Waals surface area contributed by atoms with Gasteiger partial charge in [0.25, 0.3) is 5.91 Å². The first kappa shape index (κ1) is 20.3. The molecule has 2 aliphatic heterocycles. The van der Waals surface area contributed by atoms with Crippen LogP contribution in [0.2, 0.25) is 0 Å². The molecule has 1 unspecified atom stereocenters. The lowest BCUT2D eigenvalue weighted by Crippen LogP contribution is -2.43. The van der Waals surface area contributed by atoms with Crippen molar-refractivity contribution in [1.82, 2.24) is 20.4 Å². The smallest absolute Gasteiger partial charge is 0.325 e. The van der Waals surface area contributed by atoms with Gasteiger partial charge in [-0.05, 0) is 51.4 Å². The van der Waals surface area contributed by atoms with Crippen LogP contribution in [0.15, 0.2) is 30.3 Å². The van der Waals surface area contributed by atoms with Gasteiger partial charge < -0.3 is 15.5 Å². The number of carbonyl (C=O) groups is 3. The van der Waals surface area contributed by atoms with E-state index in [-0.39, 0.29) is 12.5 Å². The van der Waals surface area contributed by atoms with Crippen molar-refractivity contribution in [2.24, 2.45) is 0 Å². The molecule has 4 amide bonds. The maximum absolute atomic E-state index is 12.8. The number of carbonyl (C=O) groups excluding carboxylic acids is 3. The molecule has 2 aliphatic rings. The molecule has 0 radical (unpaired) electrons. The zero-order chi connectivity index (χ0) is 20.0. The molecule has 2 N–H and O–H groups in total. The minimum absolute atomic E-state index is 0.253. The standard InChI is InChI=1S/C21H30N4O3/c1-21(17-10-5-4-6-11-17)19(27)25(20(28)23-21)16-18(26)22-12-9-15-24-13-7-2-3-8-14-24/h4-6,10-11H,2-3,7-9,12-16H2,1H3,(H,22,26)(H,23,28). The Labute approximate surface area is 166 Å².